The summed E-state index contributed by atoms with van der Waals surface area (Å²) in [7, 11) is 0. The molecule has 0 aromatic heterocycles. The van der Waals surface area contributed by atoms with Crippen molar-refractivity contribution in [2.24, 2.45) is 0 Å². The average molecular weight is 272 g/mol. The number of amides is 2. The molecule has 1 N–H and O–H groups in total. The van der Waals surface area contributed by atoms with E-state index in [0.717, 1.165) is 0 Å². The zero-order valence-electron chi connectivity index (χ0n) is 11.5. The molecule has 0 unspecified atom stereocenters. The first-order valence-corrected chi connectivity index (χ1v) is 6.21. The van der Waals surface area contributed by atoms with Crippen LogP contribution in [0.25, 0.3) is 0 Å². The molecule has 1 saturated heterocycles. The fourth-order valence-corrected chi connectivity index (χ4v) is 1.76. The van der Waals surface area contributed by atoms with Crippen LogP contribution >= 0.6 is 0 Å². The molecule has 19 heavy (non-hydrogen) atoms. The van der Waals surface area contributed by atoms with Crippen LogP contribution < -0.4 is 0 Å². The van der Waals surface area contributed by atoms with Gasteiger partial charge in [0, 0.05) is 26.2 Å². The second kappa shape index (κ2) is 5.90. The summed E-state index contributed by atoms with van der Waals surface area (Å²) in [4.78, 5) is 36.6. The topological polar surface area (TPSA) is 87.2 Å². The van der Waals surface area contributed by atoms with Crippen LogP contribution in [-0.2, 0) is 14.3 Å². The van der Waals surface area contributed by atoms with Crippen LogP contribution in [0.1, 0.15) is 27.2 Å². The van der Waals surface area contributed by atoms with E-state index in [4.69, 9.17) is 9.84 Å². The SMILES string of the molecule is CC(C)(C)OC(=O)N1CCCN(C(=O)C(=O)O)CC1. The summed E-state index contributed by atoms with van der Waals surface area (Å²) < 4.78 is 5.24. The predicted octanol–water partition coefficient (Wildman–Crippen LogP) is 0.540. The number of rotatable bonds is 0. The van der Waals surface area contributed by atoms with E-state index in [9.17, 15) is 14.4 Å². The fourth-order valence-electron chi connectivity index (χ4n) is 1.76. The molecule has 1 aliphatic rings. The van der Waals surface area contributed by atoms with Crippen molar-refractivity contribution in [2.75, 3.05) is 26.2 Å². The molecule has 1 rings (SSSR count). The molecule has 0 aliphatic carbocycles. The lowest BCUT2D eigenvalue weighted by atomic mass is 10.2. The Labute approximate surface area is 112 Å². The van der Waals surface area contributed by atoms with E-state index in [1.165, 1.54) is 9.80 Å². The number of carbonyl (C=O) groups excluding carboxylic acids is 2. The van der Waals surface area contributed by atoms with E-state index >= 15 is 0 Å². The van der Waals surface area contributed by atoms with Crippen molar-refractivity contribution < 1.29 is 24.2 Å². The van der Waals surface area contributed by atoms with Crippen molar-refractivity contribution in [3.63, 3.8) is 0 Å². The molecule has 1 fully saturated rings. The molecular weight excluding hydrogens is 252 g/mol. The molecule has 1 aliphatic heterocycles. The number of aliphatic carboxylic acids is 1. The van der Waals surface area contributed by atoms with Crippen molar-refractivity contribution in [3.05, 3.63) is 0 Å². The van der Waals surface area contributed by atoms with Crippen LogP contribution in [0.15, 0.2) is 0 Å². The normalized spacial score (nSPS) is 16.8. The number of hydrogen-bond acceptors (Lipinski definition) is 4. The van der Waals surface area contributed by atoms with Crippen molar-refractivity contribution >= 4 is 18.0 Å². The van der Waals surface area contributed by atoms with E-state index in [0.29, 0.717) is 19.5 Å². The molecule has 0 saturated carbocycles. The molecule has 7 nitrogen and oxygen atoms in total. The Bertz CT molecular complexity index is 375. The van der Waals surface area contributed by atoms with E-state index in [2.05, 4.69) is 0 Å². The Kier molecular flexibility index (Phi) is 4.74. The fraction of sp³-hybridized carbons (Fsp3) is 0.750. The molecule has 0 radical (unpaired) electrons. The molecule has 0 aromatic rings. The highest BCUT2D eigenvalue weighted by molar-refractivity contribution is 6.31. The minimum Gasteiger partial charge on any atom is -0.474 e. The van der Waals surface area contributed by atoms with Gasteiger partial charge in [0.1, 0.15) is 5.60 Å². The molecule has 0 spiro atoms. The van der Waals surface area contributed by atoms with Gasteiger partial charge in [-0.05, 0) is 27.2 Å². The summed E-state index contributed by atoms with van der Waals surface area (Å²) in [6, 6.07) is 0. The maximum Gasteiger partial charge on any atom is 0.410 e. The van der Waals surface area contributed by atoms with Crippen molar-refractivity contribution in [2.45, 2.75) is 32.8 Å². The quantitative estimate of drug-likeness (QED) is 0.650. The van der Waals surface area contributed by atoms with Gasteiger partial charge in [-0.3, -0.25) is 4.79 Å². The molecule has 0 aromatic carbocycles. The van der Waals surface area contributed by atoms with E-state index in [-0.39, 0.29) is 13.1 Å². The lowest BCUT2D eigenvalue weighted by Gasteiger charge is -2.26. The number of nitrogens with zero attached hydrogens (tertiary/aromatic N) is 2. The zero-order chi connectivity index (χ0) is 14.6. The van der Waals surface area contributed by atoms with Gasteiger partial charge >= 0.3 is 18.0 Å². The van der Waals surface area contributed by atoms with Gasteiger partial charge in [0.05, 0.1) is 0 Å². The lowest BCUT2D eigenvalue weighted by molar-refractivity contribution is -0.155. The summed E-state index contributed by atoms with van der Waals surface area (Å²) in [6.07, 6.45) is 0.107. The Hall–Kier alpha value is -1.79. The molecule has 0 atom stereocenters. The van der Waals surface area contributed by atoms with Crippen molar-refractivity contribution in [1.29, 1.82) is 0 Å². The van der Waals surface area contributed by atoms with Gasteiger partial charge in [-0.25, -0.2) is 9.59 Å². The number of carboxylic acids is 1. The van der Waals surface area contributed by atoms with Crippen molar-refractivity contribution in [1.82, 2.24) is 9.80 Å². The largest absolute Gasteiger partial charge is 0.474 e. The van der Waals surface area contributed by atoms with Crippen LogP contribution in [-0.4, -0.2) is 64.7 Å². The summed E-state index contributed by atoms with van der Waals surface area (Å²) >= 11 is 0. The second-order valence-corrected chi connectivity index (χ2v) is 5.42. The van der Waals surface area contributed by atoms with Crippen molar-refractivity contribution in [3.8, 4) is 0 Å². The predicted molar refractivity (Wildman–Crippen MR) is 66.6 cm³/mol. The summed E-state index contributed by atoms with van der Waals surface area (Å²) in [5, 5.41) is 8.66. The third-order valence-electron chi connectivity index (χ3n) is 2.62. The van der Waals surface area contributed by atoms with Crippen LogP contribution in [0.4, 0.5) is 4.79 Å². The Morgan fingerprint density at radius 1 is 1.00 bits per heavy atom. The van der Waals surface area contributed by atoms with Gasteiger partial charge in [0.2, 0.25) is 0 Å². The first-order chi connectivity index (χ1) is 8.70. The van der Waals surface area contributed by atoms with Crippen LogP contribution in [0, 0.1) is 0 Å². The maximum atomic E-state index is 11.9. The minimum atomic E-state index is -1.47. The third-order valence-corrected chi connectivity index (χ3v) is 2.62. The first kappa shape index (κ1) is 15.3. The number of carbonyl (C=O) groups is 3. The van der Waals surface area contributed by atoms with E-state index < -0.39 is 23.6 Å². The first-order valence-electron chi connectivity index (χ1n) is 6.21. The molecule has 108 valence electrons. The summed E-state index contributed by atoms with van der Waals surface area (Å²) in [5.41, 5.74) is -0.569. The molecule has 7 heteroatoms. The number of ether oxygens (including phenoxy) is 1. The zero-order valence-corrected chi connectivity index (χ0v) is 11.5. The Balaban J connectivity index is 2.57. The highest BCUT2D eigenvalue weighted by Crippen LogP contribution is 2.12. The third kappa shape index (κ3) is 4.76. The number of carboxylic acid groups (broad SMARTS) is 1. The Morgan fingerprint density at radius 3 is 2.05 bits per heavy atom. The van der Waals surface area contributed by atoms with Gasteiger partial charge in [-0.1, -0.05) is 0 Å². The molecule has 2 amide bonds. The smallest absolute Gasteiger partial charge is 0.410 e. The summed E-state index contributed by atoms with van der Waals surface area (Å²) in [5.74, 6) is -2.39. The standard InChI is InChI=1S/C12H20N2O5/c1-12(2,3)19-11(18)14-6-4-5-13(7-8-14)9(15)10(16)17/h4-8H2,1-3H3,(H,16,17). The Morgan fingerprint density at radius 2 is 1.53 bits per heavy atom. The van der Waals surface area contributed by atoms with Gasteiger partial charge in [0.15, 0.2) is 0 Å². The monoisotopic (exact) mass is 272 g/mol. The van der Waals surface area contributed by atoms with E-state index in [1.807, 2.05) is 0 Å². The van der Waals surface area contributed by atoms with E-state index in [1.54, 1.807) is 20.8 Å². The minimum absolute atomic E-state index is 0.213. The van der Waals surface area contributed by atoms with Gasteiger partial charge in [-0.2, -0.15) is 0 Å². The molecule has 0 bridgehead atoms. The summed E-state index contributed by atoms with van der Waals surface area (Å²) in [6.45, 7) is 6.63. The maximum absolute atomic E-state index is 11.9. The van der Waals surface area contributed by atoms with Gasteiger partial charge in [-0.15, -0.1) is 0 Å². The second-order valence-electron chi connectivity index (χ2n) is 5.42. The average Bonchev–Trinajstić information content (AvgIpc) is 2.50. The van der Waals surface area contributed by atoms with Gasteiger partial charge in [0.25, 0.3) is 0 Å². The lowest BCUT2D eigenvalue weighted by Crippen LogP contribution is -2.41. The highest BCUT2D eigenvalue weighted by Gasteiger charge is 2.27. The van der Waals surface area contributed by atoms with Crippen LogP contribution in [0.2, 0.25) is 0 Å². The molecule has 1 heterocycles. The molecular formula is C12H20N2O5. The number of hydrogen-bond donors (Lipinski definition) is 1. The highest BCUT2D eigenvalue weighted by atomic mass is 16.6. The van der Waals surface area contributed by atoms with Crippen LogP contribution in [0.5, 0.6) is 0 Å². The van der Waals surface area contributed by atoms with Crippen LogP contribution in [0.3, 0.4) is 0 Å². The van der Waals surface area contributed by atoms with Gasteiger partial charge < -0.3 is 19.6 Å².